The van der Waals surface area contributed by atoms with E-state index in [-0.39, 0.29) is 22.4 Å². The highest BCUT2D eigenvalue weighted by atomic mass is 16.6. The molecule has 3 rings (SSSR count). The van der Waals surface area contributed by atoms with Gasteiger partial charge in [0.05, 0.1) is 10.6 Å². The first-order valence-electron chi connectivity index (χ1n) is 5.25. The Hall–Kier alpha value is -3.30. The lowest BCUT2D eigenvalue weighted by Gasteiger charge is -2.01. The number of imidazole rings is 1. The summed E-state index contributed by atoms with van der Waals surface area (Å²) >= 11 is 0. The highest BCUT2D eigenvalue weighted by molar-refractivity contribution is 5.90. The minimum absolute atomic E-state index is 0.0157. The number of hydrogen-bond acceptors (Lipinski definition) is 7. The minimum Gasteiger partial charge on any atom is -0.476 e. The van der Waals surface area contributed by atoms with Crippen LogP contribution in [0.25, 0.3) is 16.7 Å². The number of hydrogen-bond donors (Lipinski definition) is 1. The summed E-state index contributed by atoms with van der Waals surface area (Å²) in [5, 5.41) is 26.8. The number of nitro benzene ring substituents is 1. The third-order valence-electron chi connectivity index (χ3n) is 2.65. The predicted molar refractivity (Wildman–Crippen MR) is 62.5 cm³/mol. The molecule has 0 amide bonds. The SMILES string of the molecule is O=C(O)c1cn(-c2ccc([N+](=O)[O-])c3nonc23)cn1. The van der Waals surface area contributed by atoms with Gasteiger partial charge in [-0.15, -0.1) is 0 Å². The summed E-state index contributed by atoms with van der Waals surface area (Å²) in [6.07, 6.45) is 2.52. The van der Waals surface area contributed by atoms with Crippen LogP contribution in [-0.2, 0) is 0 Å². The number of nitro groups is 1. The van der Waals surface area contributed by atoms with Crippen LogP contribution in [0.4, 0.5) is 5.69 Å². The number of aromatic carboxylic acids is 1. The van der Waals surface area contributed by atoms with Crippen LogP contribution < -0.4 is 0 Å². The van der Waals surface area contributed by atoms with E-state index in [1.54, 1.807) is 0 Å². The second-order valence-corrected chi connectivity index (χ2v) is 3.79. The van der Waals surface area contributed by atoms with Crippen molar-refractivity contribution in [3.63, 3.8) is 0 Å². The van der Waals surface area contributed by atoms with Crippen LogP contribution in [0.15, 0.2) is 29.3 Å². The number of fused-ring (bicyclic) bond motifs is 1. The number of carboxylic acid groups (broad SMARTS) is 1. The molecule has 3 aromatic rings. The van der Waals surface area contributed by atoms with E-state index in [9.17, 15) is 14.9 Å². The lowest BCUT2D eigenvalue weighted by molar-refractivity contribution is -0.383. The van der Waals surface area contributed by atoms with Crippen molar-refractivity contribution in [1.29, 1.82) is 0 Å². The fraction of sp³-hybridized carbons (Fsp3) is 0. The van der Waals surface area contributed by atoms with E-state index in [0.717, 1.165) is 0 Å². The van der Waals surface area contributed by atoms with Crippen molar-refractivity contribution in [2.45, 2.75) is 0 Å². The van der Waals surface area contributed by atoms with E-state index in [2.05, 4.69) is 19.9 Å². The van der Waals surface area contributed by atoms with Gasteiger partial charge in [-0.2, -0.15) is 0 Å². The highest BCUT2D eigenvalue weighted by Gasteiger charge is 2.20. The maximum absolute atomic E-state index is 10.9. The van der Waals surface area contributed by atoms with E-state index in [1.807, 2.05) is 0 Å². The maximum Gasteiger partial charge on any atom is 0.356 e. The zero-order chi connectivity index (χ0) is 14.3. The third-order valence-corrected chi connectivity index (χ3v) is 2.65. The largest absolute Gasteiger partial charge is 0.476 e. The number of rotatable bonds is 3. The first-order valence-corrected chi connectivity index (χ1v) is 5.25. The van der Waals surface area contributed by atoms with Gasteiger partial charge in [0.15, 0.2) is 11.2 Å². The summed E-state index contributed by atoms with van der Waals surface area (Å²) in [7, 11) is 0. The molecule has 0 aliphatic heterocycles. The maximum atomic E-state index is 10.9. The van der Waals surface area contributed by atoms with Crippen LogP contribution >= 0.6 is 0 Å². The molecule has 100 valence electrons. The minimum atomic E-state index is -1.18. The Labute approximate surface area is 109 Å². The monoisotopic (exact) mass is 275 g/mol. The molecule has 20 heavy (non-hydrogen) atoms. The van der Waals surface area contributed by atoms with E-state index >= 15 is 0 Å². The summed E-state index contributed by atoms with van der Waals surface area (Å²) in [4.78, 5) is 24.7. The number of non-ortho nitro benzene ring substituents is 1. The second-order valence-electron chi connectivity index (χ2n) is 3.79. The summed E-state index contributed by atoms with van der Waals surface area (Å²) in [6, 6.07) is 2.65. The fourth-order valence-corrected chi connectivity index (χ4v) is 1.76. The molecule has 0 unspecified atom stereocenters. The molecule has 0 radical (unpaired) electrons. The molecule has 0 atom stereocenters. The van der Waals surface area contributed by atoms with Crippen LogP contribution in [0.5, 0.6) is 0 Å². The average Bonchev–Trinajstić information content (AvgIpc) is 3.06. The smallest absolute Gasteiger partial charge is 0.356 e. The van der Waals surface area contributed by atoms with E-state index < -0.39 is 10.9 Å². The van der Waals surface area contributed by atoms with Gasteiger partial charge < -0.3 is 9.67 Å². The Balaban J connectivity index is 2.21. The van der Waals surface area contributed by atoms with E-state index in [4.69, 9.17) is 5.11 Å². The average molecular weight is 275 g/mol. The molecule has 0 aliphatic carbocycles. The van der Waals surface area contributed by atoms with Gasteiger partial charge in [0.2, 0.25) is 5.52 Å². The van der Waals surface area contributed by atoms with Crippen molar-refractivity contribution < 1.29 is 19.5 Å². The molecule has 0 spiro atoms. The van der Waals surface area contributed by atoms with Crippen LogP contribution in [0.1, 0.15) is 10.5 Å². The topological polar surface area (TPSA) is 137 Å². The summed E-state index contributed by atoms with van der Waals surface area (Å²) in [6.45, 7) is 0. The Morgan fingerprint density at radius 3 is 2.75 bits per heavy atom. The zero-order valence-electron chi connectivity index (χ0n) is 9.63. The Morgan fingerprint density at radius 2 is 2.10 bits per heavy atom. The number of nitrogens with zero attached hydrogens (tertiary/aromatic N) is 5. The standard InChI is InChI=1S/C10H5N5O5/c16-10(17)5-3-14(4-11-5)6-1-2-7(15(18)19)9-8(6)12-20-13-9/h1-4H,(H,16,17). The number of benzene rings is 1. The Kier molecular flexibility index (Phi) is 2.42. The van der Waals surface area contributed by atoms with Crippen LogP contribution in [-0.4, -0.2) is 35.9 Å². The molecule has 1 aromatic carbocycles. The van der Waals surface area contributed by atoms with Gasteiger partial charge >= 0.3 is 11.7 Å². The summed E-state index contributed by atoms with van der Waals surface area (Å²) in [5.74, 6) is -1.18. The van der Waals surface area contributed by atoms with Crippen molar-refractivity contribution in [1.82, 2.24) is 19.9 Å². The molecule has 0 saturated carbocycles. The lowest BCUT2D eigenvalue weighted by atomic mass is 10.2. The van der Waals surface area contributed by atoms with Gasteiger partial charge in [-0.25, -0.2) is 14.4 Å². The zero-order valence-corrected chi connectivity index (χ0v) is 9.63. The van der Waals surface area contributed by atoms with Crippen molar-refractivity contribution >= 4 is 22.7 Å². The van der Waals surface area contributed by atoms with Gasteiger partial charge in [-0.3, -0.25) is 10.1 Å². The molecule has 0 saturated heterocycles. The van der Waals surface area contributed by atoms with Gasteiger partial charge in [-0.1, -0.05) is 0 Å². The second kappa shape index (κ2) is 4.12. The number of carboxylic acids is 1. The Bertz CT molecular complexity index is 836. The molecule has 10 heteroatoms. The Morgan fingerprint density at radius 1 is 1.35 bits per heavy atom. The molecule has 1 N–H and O–H groups in total. The van der Waals surface area contributed by atoms with Crippen molar-refractivity contribution in [2.75, 3.05) is 0 Å². The number of aromatic nitrogens is 4. The first kappa shape index (κ1) is 11.8. The highest BCUT2D eigenvalue weighted by Crippen LogP contribution is 2.27. The van der Waals surface area contributed by atoms with E-state index in [1.165, 1.54) is 29.2 Å². The third kappa shape index (κ3) is 1.67. The van der Waals surface area contributed by atoms with Gasteiger partial charge in [-0.05, 0) is 16.4 Å². The molecule has 0 aliphatic rings. The van der Waals surface area contributed by atoms with Crippen molar-refractivity contribution in [3.05, 3.63) is 40.5 Å². The molecular formula is C10H5N5O5. The predicted octanol–water partition coefficient (Wildman–Crippen LogP) is 1.01. The van der Waals surface area contributed by atoms with Crippen LogP contribution in [0.2, 0.25) is 0 Å². The lowest BCUT2D eigenvalue weighted by Crippen LogP contribution is -1.97. The molecule has 2 heterocycles. The molecule has 10 nitrogen and oxygen atoms in total. The van der Waals surface area contributed by atoms with Crippen LogP contribution in [0, 0.1) is 10.1 Å². The van der Waals surface area contributed by atoms with Gasteiger partial charge in [0.1, 0.15) is 6.33 Å². The van der Waals surface area contributed by atoms with E-state index in [0.29, 0.717) is 5.69 Å². The van der Waals surface area contributed by atoms with Crippen molar-refractivity contribution in [3.8, 4) is 5.69 Å². The summed E-state index contributed by atoms with van der Waals surface area (Å²) < 4.78 is 5.89. The first-order chi connectivity index (χ1) is 9.58. The normalized spacial score (nSPS) is 10.8. The fourth-order valence-electron chi connectivity index (χ4n) is 1.76. The summed E-state index contributed by atoms with van der Waals surface area (Å²) in [5.41, 5.74) is 0.106. The van der Waals surface area contributed by atoms with Crippen molar-refractivity contribution in [2.24, 2.45) is 0 Å². The molecule has 0 bridgehead atoms. The van der Waals surface area contributed by atoms with Gasteiger partial charge in [0.25, 0.3) is 0 Å². The quantitative estimate of drug-likeness (QED) is 0.552. The molecular weight excluding hydrogens is 270 g/mol. The van der Waals surface area contributed by atoms with Gasteiger partial charge in [0, 0.05) is 12.3 Å². The molecule has 2 aromatic heterocycles. The number of carbonyl (C=O) groups is 1. The molecule has 0 fully saturated rings. The van der Waals surface area contributed by atoms with Crippen LogP contribution in [0.3, 0.4) is 0 Å².